The summed E-state index contributed by atoms with van der Waals surface area (Å²) in [6.45, 7) is 3.81. The van der Waals surface area contributed by atoms with Crippen molar-refractivity contribution in [3.8, 4) is 22.7 Å². The molecule has 1 aromatic carbocycles. The molecule has 0 aliphatic heterocycles. The molecule has 1 amide bonds. The number of aryl methyl sites for hydroxylation is 1. The maximum absolute atomic E-state index is 11.4. The molecule has 154 valence electrons. The summed E-state index contributed by atoms with van der Waals surface area (Å²) in [5.74, 6) is 1.75. The molecule has 0 saturated carbocycles. The molecule has 3 aromatic heterocycles. The SMILES string of the molecule is CCOC(=O)Nc1nnc(SCc2nnc(-c3c(-c4ccccc4)noc3C)o2)s1. The van der Waals surface area contributed by atoms with Gasteiger partial charge in [0.2, 0.25) is 11.0 Å². The number of amides is 1. The molecule has 0 aliphatic rings. The van der Waals surface area contributed by atoms with Crippen LogP contribution in [0.25, 0.3) is 22.7 Å². The van der Waals surface area contributed by atoms with E-state index in [-0.39, 0.29) is 6.61 Å². The second kappa shape index (κ2) is 9.05. The highest BCUT2D eigenvalue weighted by atomic mass is 32.2. The first-order valence-corrected chi connectivity index (χ1v) is 10.7. The molecule has 4 aromatic rings. The quantitative estimate of drug-likeness (QED) is 0.323. The van der Waals surface area contributed by atoms with Crippen LogP contribution in [0, 0.1) is 6.92 Å². The van der Waals surface area contributed by atoms with E-state index in [0.717, 1.165) is 5.56 Å². The van der Waals surface area contributed by atoms with E-state index in [9.17, 15) is 4.79 Å². The van der Waals surface area contributed by atoms with Crippen molar-refractivity contribution in [3.63, 3.8) is 0 Å². The highest BCUT2D eigenvalue weighted by molar-refractivity contribution is 8.00. The third-order valence-electron chi connectivity index (χ3n) is 3.80. The van der Waals surface area contributed by atoms with E-state index in [0.29, 0.717) is 44.0 Å². The van der Waals surface area contributed by atoms with Crippen LogP contribution in [0.4, 0.5) is 9.93 Å². The van der Waals surface area contributed by atoms with Crippen molar-refractivity contribution >= 4 is 34.3 Å². The number of anilines is 1. The number of nitrogens with zero attached hydrogens (tertiary/aromatic N) is 5. The fourth-order valence-corrected chi connectivity index (χ4v) is 4.10. The Morgan fingerprint density at radius 1 is 1.20 bits per heavy atom. The van der Waals surface area contributed by atoms with Gasteiger partial charge in [0.1, 0.15) is 17.0 Å². The summed E-state index contributed by atoms with van der Waals surface area (Å²) in [6, 6.07) is 9.65. The molecule has 10 nitrogen and oxygen atoms in total. The van der Waals surface area contributed by atoms with Crippen LogP contribution >= 0.6 is 23.1 Å². The minimum Gasteiger partial charge on any atom is -0.450 e. The molecule has 1 N–H and O–H groups in total. The lowest BCUT2D eigenvalue weighted by Gasteiger charge is -1.99. The van der Waals surface area contributed by atoms with E-state index in [1.54, 1.807) is 13.8 Å². The number of nitrogens with one attached hydrogen (secondary N) is 1. The molecular formula is C18H16N6O4S2. The average molecular weight is 444 g/mol. The highest BCUT2D eigenvalue weighted by Gasteiger charge is 2.22. The van der Waals surface area contributed by atoms with E-state index in [2.05, 4.69) is 30.9 Å². The molecule has 30 heavy (non-hydrogen) atoms. The summed E-state index contributed by atoms with van der Waals surface area (Å²) in [7, 11) is 0. The summed E-state index contributed by atoms with van der Waals surface area (Å²) in [6.07, 6.45) is -0.565. The number of hydrogen-bond donors (Lipinski definition) is 1. The Kier molecular flexibility index (Phi) is 6.05. The number of hydrogen-bond acceptors (Lipinski definition) is 11. The van der Waals surface area contributed by atoms with E-state index >= 15 is 0 Å². The van der Waals surface area contributed by atoms with Gasteiger partial charge in [-0.2, -0.15) is 0 Å². The van der Waals surface area contributed by atoms with Crippen LogP contribution in [0.2, 0.25) is 0 Å². The summed E-state index contributed by atoms with van der Waals surface area (Å²) < 4.78 is 16.6. The molecular weight excluding hydrogens is 428 g/mol. The minimum absolute atomic E-state index is 0.281. The van der Waals surface area contributed by atoms with Crippen molar-refractivity contribution in [1.29, 1.82) is 0 Å². The van der Waals surface area contributed by atoms with Gasteiger partial charge in [0.15, 0.2) is 4.34 Å². The van der Waals surface area contributed by atoms with Gasteiger partial charge in [0.05, 0.1) is 12.4 Å². The van der Waals surface area contributed by atoms with Gasteiger partial charge >= 0.3 is 6.09 Å². The smallest absolute Gasteiger partial charge is 0.413 e. The molecule has 0 bridgehead atoms. The molecule has 0 spiro atoms. The van der Waals surface area contributed by atoms with Crippen LogP contribution in [0.15, 0.2) is 43.6 Å². The van der Waals surface area contributed by atoms with Gasteiger partial charge in [0.25, 0.3) is 5.89 Å². The predicted molar refractivity (Wildman–Crippen MR) is 110 cm³/mol. The lowest BCUT2D eigenvalue weighted by Crippen LogP contribution is -2.12. The van der Waals surface area contributed by atoms with Gasteiger partial charge in [-0.05, 0) is 13.8 Å². The van der Waals surface area contributed by atoms with Crippen molar-refractivity contribution in [1.82, 2.24) is 25.6 Å². The van der Waals surface area contributed by atoms with Crippen molar-refractivity contribution in [3.05, 3.63) is 42.0 Å². The maximum Gasteiger partial charge on any atom is 0.413 e. The fraction of sp³-hybridized carbons (Fsp3) is 0.222. The Morgan fingerprint density at radius 2 is 2.03 bits per heavy atom. The number of rotatable bonds is 7. The van der Waals surface area contributed by atoms with E-state index in [1.165, 1.54) is 23.1 Å². The number of aromatic nitrogens is 5. The Balaban J connectivity index is 1.44. The van der Waals surface area contributed by atoms with Gasteiger partial charge < -0.3 is 13.7 Å². The highest BCUT2D eigenvalue weighted by Crippen LogP contribution is 2.34. The Morgan fingerprint density at radius 3 is 2.83 bits per heavy atom. The standard InChI is InChI=1S/C18H16N6O4S2/c1-3-26-17(25)19-16-22-23-18(30-16)29-9-12-20-21-15(27-12)13-10(2)28-24-14(13)11-7-5-4-6-8-11/h4-8H,3,9H2,1-2H3,(H,19,22,25). The van der Waals surface area contributed by atoms with Crippen molar-refractivity contribution in [2.45, 2.75) is 23.9 Å². The van der Waals surface area contributed by atoms with Crippen LogP contribution in [-0.4, -0.2) is 38.3 Å². The average Bonchev–Trinajstić information content (AvgIpc) is 3.47. The summed E-state index contributed by atoms with van der Waals surface area (Å²) in [5.41, 5.74) is 2.21. The van der Waals surface area contributed by atoms with Gasteiger partial charge in [-0.15, -0.1) is 20.4 Å². The van der Waals surface area contributed by atoms with E-state index in [4.69, 9.17) is 13.7 Å². The van der Waals surface area contributed by atoms with Gasteiger partial charge in [-0.3, -0.25) is 5.32 Å². The molecule has 0 aliphatic carbocycles. The van der Waals surface area contributed by atoms with Crippen LogP contribution in [0.5, 0.6) is 0 Å². The van der Waals surface area contributed by atoms with Gasteiger partial charge in [0, 0.05) is 5.56 Å². The Bertz CT molecular complexity index is 1140. The number of ether oxygens (including phenoxy) is 1. The Hall–Kier alpha value is -3.25. The lowest BCUT2D eigenvalue weighted by molar-refractivity contribution is 0.168. The fourth-order valence-electron chi connectivity index (χ4n) is 2.53. The predicted octanol–water partition coefficient (Wildman–Crippen LogP) is 4.41. The number of carbonyl (C=O) groups excluding carboxylic acids is 1. The molecule has 3 heterocycles. The van der Waals surface area contributed by atoms with Crippen LogP contribution in [-0.2, 0) is 10.5 Å². The second-order valence-electron chi connectivity index (χ2n) is 5.84. The summed E-state index contributed by atoms with van der Waals surface area (Å²) in [5, 5.41) is 23.2. The van der Waals surface area contributed by atoms with Gasteiger partial charge in [-0.25, -0.2) is 4.79 Å². The topological polar surface area (TPSA) is 129 Å². The van der Waals surface area contributed by atoms with Crippen molar-refractivity contribution in [2.75, 3.05) is 11.9 Å². The zero-order chi connectivity index (χ0) is 20.9. The minimum atomic E-state index is -0.565. The number of thioether (sulfide) groups is 1. The first-order valence-electron chi connectivity index (χ1n) is 8.88. The van der Waals surface area contributed by atoms with Gasteiger partial charge in [-0.1, -0.05) is 58.6 Å². The number of benzene rings is 1. The third kappa shape index (κ3) is 4.49. The normalized spacial score (nSPS) is 10.9. The first-order chi connectivity index (χ1) is 14.6. The second-order valence-corrected chi connectivity index (χ2v) is 8.04. The van der Waals surface area contributed by atoms with Crippen LogP contribution in [0.3, 0.4) is 0 Å². The van der Waals surface area contributed by atoms with Crippen molar-refractivity contribution < 1.29 is 18.5 Å². The van der Waals surface area contributed by atoms with Crippen LogP contribution < -0.4 is 5.32 Å². The molecule has 0 atom stereocenters. The van der Waals surface area contributed by atoms with Crippen molar-refractivity contribution in [2.24, 2.45) is 0 Å². The molecule has 12 heteroatoms. The van der Waals surface area contributed by atoms with E-state index < -0.39 is 6.09 Å². The molecule has 0 radical (unpaired) electrons. The summed E-state index contributed by atoms with van der Waals surface area (Å²) in [4.78, 5) is 11.4. The summed E-state index contributed by atoms with van der Waals surface area (Å²) >= 11 is 2.59. The largest absolute Gasteiger partial charge is 0.450 e. The zero-order valence-electron chi connectivity index (χ0n) is 16.0. The number of carbonyl (C=O) groups is 1. The molecule has 4 rings (SSSR count). The first kappa shape index (κ1) is 20.0. The zero-order valence-corrected chi connectivity index (χ0v) is 17.6. The Labute approximate surface area is 179 Å². The lowest BCUT2D eigenvalue weighted by atomic mass is 10.1. The van der Waals surface area contributed by atoms with Crippen LogP contribution in [0.1, 0.15) is 18.6 Å². The molecule has 0 saturated heterocycles. The van der Waals surface area contributed by atoms with E-state index in [1.807, 2.05) is 30.3 Å². The third-order valence-corrected chi connectivity index (χ3v) is 5.76. The maximum atomic E-state index is 11.4. The monoisotopic (exact) mass is 444 g/mol. The molecule has 0 unspecified atom stereocenters. The molecule has 0 fully saturated rings.